The van der Waals surface area contributed by atoms with Gasteiger partial charge in [0.05, 0.1) is 11.9 Å². The molecule has 6 rings (SSSR count). The molecule has 44 heavy (non-hydrogen) atoms. The minimum atomic E-state index is -3.82. The van der Waals surface area contributed by atoms with Crippen LogP contribution in [0.3, 0.4) is 0 Å². The van der Waals surface area contributed by atoms with Crippen molar-refractivity contribution in [3.8, 4) is 0 Å². The quantitative estimate of drug-likeness (QED) is 0.235. The molecule has 4 aliphatic rings. The van der Waals surface area contributed by atoms with Crippen LogP contribution in [0.2, 0.25) is 10.0 Å². The SMILES string of the molecule is CCCCNC(=O)[C@@H](CC)N(Cc1ccc(Cl)cc1Cl)C(=O)CN(c1ccc(C23CC4CC(CC(C4)C2)C3)cc1)S(C)(=O)=O. The van der Waals surface area contributed by atoms with Gasteiger partial charge in [-0.1, -0.05) is 61.7 Å². The minimum absolute atomic E-state index is 0.0388. The molecule has 0 aromatic heterocycles. The van der Waals surface area contributed by atoms with E-state index in [1.807, 2.05) is 26.0 Å². The van der Waals surface area contributed by atoms with E-state index in [9.17, 15) is 18.0 Å². The number of hydrogen-bond donors (Lipinski definition) is 1. The smallest absolute Gasteiger partial charge is 0.244 e. The first-order chi connectivity index (χ1) is 20.9. The summed E-state index contributed by atoms with van der Waals surface area (Å²) in [5, 5.41) is 3.77. The second-order valence-electron chi connectivity index (χ2n) is 13.3. The van der Waals surface area contributed by atoms with Gasteiger partial charge in [0, 0.05) is 23.1 Å². The van der Waals surface area contributed by atoms with Crippen LogP contribution in [0.15, 0.2) is 42.5 Å². The van der Waals surface area contributed by atoms with Gasteiger partial charge >= 0.3 is 0 Å². The van der Waals surface area contributed by atoms with Gasteiger partial charge in [-0.2, -0.15) is 0 Å². The molecule has 2 aromatic rings. The number of hydrogen-bond acceptors (Lipinski definition) is 4. The number of anilines is 1. The second-order valence-corrected chi connectivity index (χ2v) is 16.1. The number of benzene rings is 2. The van der Waals surface area contributed by atoms with Crippen LogP contribution in [0.4, 0.5) is 5.69 Å². The van der Waals surface area contributed by atoms with Crippen LogP contribution in [-0.4, -0.2) is 50.5 Å². The van der Waals surface area contributed by atoms with E-state index in [1.54, 1.807) is 18.2 Å². The summed E-state index contributed by atoms with van der Waals surface area (Å²) in [6, 6.07) is 12.0. The maximum absolute atomic E-state index is 14.1. The van der Waals surface area contributed by atoms with Gasteiger partial charge in [0.15, 0.2) is 0 Å². The molecule has 0 saturated heterocycles. The van der Waals surface area contributed by atoms with Crippen LogP contribution in [-0.2, 0) is 31.6 Å². The molecular weight excluding hydrogens is 617 g/mol. The van der Waals surface area contributed by atoms with E-state index in [4.69, 9.17) is 23.2 Å². The van der Waals surface area contributed by atoms with Crippen molar-refractivity contribution in [2.24, 2.45) is 17.8 Å². The Morgan fingerprint density at radius 2 is 1.59 bits per heavy atom. The zero-order chi connectivity index (χ0) is 31.6. The van der Waals surface area contributed by atoms with E-state index in [0.29, 0.717) is 34.3 Å². The number of nitrogens with zero attached hydrogens (tertiary/aromatic N) is 2. The van der Waals surface area contributed by atoms with Crippen LogP contribution in [0.25, 0.3) is 0 Å². The van der Waals surface area contributed by atoms with E-state index in [2.05, 4.69) is 17.4 Å². The van der Waals surface area contributed by atoms with Crippen molar-refractivity contribution in [1.82, 2.24) is 10.2 Å². The van der Waals surface area contributed by atoms with Crippen molar-refractivity contribution < 1.29 is 18.0 Å². The predicted octanol–water partition coefficient (Wildman–Crippen LogP) is 6.95. The number of amides is 2. The van der Waals surface area contributed by atoms with Gasteiger partial charge in [-0.25, -0.2) is 8.42 Å². The van der Waals surface area contributed by atoms with Crippen LogP contribution in [0, 0.1) is 17.8 Å². The van der Waals surface area contributed by atoms with Crippen molar-refractivity contribution in [3.05, 3.63) is 63.6 Å². The number of sulfonamides is 1. The second kappa shape index (κ2) is 13.6. The number of rotatable bonds is 13. The van der Waals surface area contributed by atoms with Crippen molar-refractivity contribution in [1.29, 1.82) is 0 Å². The molecule has 0 heterocycles. The van der Waals surface area contributed by atoms with E-state index in [-0.39, 0.29) is 17.9 Å². The van der Waals surface area contributed by atoms with E-state index < -0.39 is 28.5 Å². The number of unbranched alkanes of at least 4 members (excludes halogenated alkanes) is 1. The zero-order valence-electron chi connectivity index (χ0n) is 26.0. The zero-order valence-corrected chi connectivity index (χ0v) is 28.4. The van der Waals surface area contributed by atoms with Crippen LogP contribution >= 0.6 is 23.2 Å². The highest BCUT2D eigenvalue weighted by atomic mass is 35.5. The molecule has 240 valence electrons. The average Bonchev–Trinajstić information content (AvgIpc) is 2.96. The Labute approximate surface area is 272 Å². The Bertz CT molecular complexity index is 1430. The molecule has 10 heteroatoms. The Balaban J connectivity index is 1.40. The van der Waals surface area contributed by atoms with Crippen molar-refractivity contribution in [2.45, 2.75) is 89.6 Å². The third-order valence-electron chi connectivity index (χ3n) is 10.1. The van der Waals surface area contributed by atoms with Crippen LogP contribution in [0.1, 0.15) is 82.8 Å². The molecule has 4 saturated carbocycles. The fourth-order valence-electron chi connectivity index (χ4n) is 8.32. The van der Waals surface area contributed by atoms with Gasteiger partial charge in [0.2, 0.25) is 21.8 Å². The first kappa shape index (κ1) is 33.1. The Morgan fingerprint density at radius 1 is 0.977 bits per heavy atom. The predicted molar refractivity (Wildman–Crippen MR) is 177 cm³/mol. The van der Waals surface area contributed by atoms with Gasteiger partial charge in [-0.05, 0) is 110 Å². The summed E-state index contributed by atoms with van der Waals surface area (Å²) >= 11 is 12.6. The molecule has 4 bridgehead atoms. The highest BCUT2D eigenvalue weighted by Crippen LogP contribution is 2.60. The molecule has 2 aromatic carbocycles. The Hall–Kier alpha value is -2.29. The highest BCUT2D eigenvalue weighted by Gasteiger charge is 2.51. The highest BCUT2D eigenvalue weighted by molar-refractivity contribution is 7.92. The first-order valence-electron chi connectivity index (χ1n) is 16.0. The number of halogens is 2. The van der Waals surface area contributed by atoms with Crippen molar-refractivity contribution in [2.75, 3.05) is 23.7 Å². The molecule has 7 nitrogen and oxygen atoms in total. The lowest BCUT2D eigenvalue weighted by atomic mass is 9.48. The Kier molecular flexibility index (Phi) is 10.2. The number of nitrogens with one attached hydrogen (secondary N) is 1. The molecule has 0 unspecified atom stereocenters. The van der Waals surface area contributed by atoms with Crippen LogP contribution < -0.4 is 9.62 Å². The average molecular weight is 663 g/mol. The molecule has 4 aliphatic carbocycles. The standard InChI is InChI=1S/C34H45Cl2N3O4S/c1-4-6-13-37-33(41)31(5-2)38(21-26-7-10-28(35)17-30(26)36)32(40)22-39(44(3,42)43)29-11-8-27(9-12-29)34-18-23-14-24(19-34)16-25(15-23)20-34/h7-12,17,23-25,31H,4-6,13-16,18-22H2,1-3H3,(H,37,41)/t23?,24?,25?,31-,34?/m1/s1. The van der Waals surface area contributed by atoms with Crippen LogP contribution in [0.5, 0.6) is 0 Å². The summed E-state index contributed by atoms with van der Waals surface area (Å²) in [7, 11) is -3.82. The maximum atomic E-state index is 14.1. The summed E-state index contributed by atoms with van der Waals surface area (Å²) in [5.74, 6) is 1.65. The van der Waals surface area contributed by atoms with E-state index >= 15 is 0 Å². The Morgan fingerprint density at radius 3 is 2.11 bits per heavy atom. The summed E-state index contributed by atoms with van der Waals surface area (Å²) in [4.78, 5) is 28.8. The van der Waals surface area contributed by atoms with Crippen molar-refractivity contribution >= 4 is 50.7 Å². The largest absolute Gasteiger partial charge is 0.354 e. The van der Waals surface area contributed by atoms with E-state index in [0.717, 1.165) is 41.2 Å². The third kappa shape index (κ3) is 7.23. The summed E-state index contributed by atoms with van der Waals surface area (Å²) in [5.41, 5.74) is 2.54. The maximum Gasteiger partial charge on any atom is 0.244 e. The molecule has 1 atom stereocenters. The van der Waals surface area contributed by atoms with Gasteiger partial charge in [-0.15, -0.1) is 0 Å². The molecule has 4 fully saturated rings. The monoisotopic (exact) mass is 661 g/mol. The molecule has 0 radical (unpaired) electrons. The first-order valence-corrected chi connectivity index (χ1v) is 18.6. The molecule has 0 spiro atoms. The molecule has 0 aliphatic heterocycles. The lowest BCUT2D eigenvalue weighted by Crippen LogP contribution is -2.52. The molecule has 1 N–H and O–H groups in total. The van der Waals surface area contributed by atoms with Gasteiger partial charge in [-0.3, -0.25) is 13.9 Å². The fraction of sp³-hybridized carbons (Fsp3) is 0.588. The van der Waals surface area contributed by atoms with Gasteiger partial charge in [0.25, 0.3) is 0 Å². The lowest BCUT2D eigenvalue weighted by molar-refractivity contribution is -0.140. The topological polar surface area (TPSA) is 86.8 Å². The lowest BCUT2D eigenvalue weighted by Gasteiger charge is -2.57. The van der Waals surface area contributed by atoms with Gasteiger partial charge in [0.1, 0.15) is 12.6 Å². The van der Waals surface area contributed by atoms with Gasteiger partial charge < -0.3 is 10.2 Å². The molecule has 2 amide bonds. The summed E-state index contributed by atoms with van der Waals surface area (Å²) < 4.78 is 27.4. The number of carbonyl (C=O) groups excluding carboxylic acids is 2. The molecular formula is C34H45Cl2N3O4S. The normalized spacial score (nSPS) is 24.6. The fourth-order valence-corrected chi connectivity index (χ4v) is 9.64. The minimum Gasteiger partial charge on any atom is -0.354 e. The third-order valence-corrected chi connectivity index (χ3v) is 11.8. The summed E-state index contributed by atoms with van der Waals surface area (Å²) in [6.45, 7) is 3.99. The summed E-state index contributed by atoms with van der Waals surface area (Å²) in [6.07, 6.45) is 10.9. The van der Waals surface area contributed by atoms with E-state index in [1.165, 1.54) is 49.0 Å². The number of carbonyl (C=O) groups is 2. The van der Waals surface area contributed by atoms with Crippen molar-refractivity contribution in [3.63, 3.8) is 0 Å².